The van der Waals surface area contributed by atoms with Crippen molar-refractivity contribution in [1.29, 1.82) is 5.26 Å². The molecule has 0 bridgehead atoms. The molecule has 0 radical (unpaired) electrons. The summed E-state index contributed by atoms with van der Waals surface area (Å²) in [5, 5.41) is 8.49. The van der Waals surface area contributed by atoms with Gasteiger partial charge in [0, 0.05) is 12.4 Å². The molecule has 0 spiro atoms. The molecular weight excluding hydrogens is 138 g/mol. The van der Waals surface area contributed by atoms with Crippen LogP contribution >= 0.6 is 0 Å². The third-order valence-electron chi connectivity index (χ3n) is 1.25. The van der Waals surface area contributed by atoms with Gasteiger partial charge >= 0.3 is 6.04 Å². The predicted octanol–water partition coefficient (Wildman–Crippen LogP) is 1.57. The highest BCUT2D eigenvalue weighted by molar-refractivity contribution is 5.23. The molecule has 3 heteroatoms. The average Bonchev–Trinajstić information content (AvgIpc) is 2.09. The highest BCUT2D eigenvalue weighted by Gasteiger charge is 2.12. The lowest BCUT2D eigenvalue weighted by molar-refractivity contribution is 1.06. The maximum absolute atomic E-state index is 8.49. The summed E-state index contributed by atoms with van der Waals surface area (Å²) in [4.78, 5) is 6.93. The van der Waals surface area contributed by atoms with Crippen LogP contribution in [0.5, 0.6) is 0 Å². The van der Waals surface area contributed by atoms with Gasteiger partial charge in [0.15, 0.2) is 6.07 Å². The highest BCUT2D eigenvalue weighted by Crippen LogP contribution is 2.13. The van der Waals surface area contributed by atoms with Crippen LogP contribution in [0.25, 0.3) is 4.85 Å². The van der Waals surface area contributed by atoms with Gasteiger partial charge in [-0.25, -0.2) is 6.57 Å². The number of hydrogen-bond donors (Lipinski definition) is 0. The molecule has 0 fully saturated rings. The van der Waals surface area contributed by atoms with E-state index in [2.05, 4.69) is 9.83 Å². The smallest absolute Gasteiger partial charge is 0.292 e. The summed E-state index contributed by atoms with van der Waals surface area (Å²) in [6.07, 6.45) is 3.15. The molecule has 1 rings (SSSR count). The van der Waals surface area contributed by atoms with Gasteiger partial charge < -0.3 is 0 Å². The first-order valence-corrected chi connectivity index (χ1v) is 3.04. The Balaban J connectivity index is 2.96. The summed E-state index contributed by atoms with van der Waals surface area (Å²) in [6, 6.07) is 4.60. The maximum Gasteiger partial charge on any atom is 0.333 e. The van der Waals surface area contributed by atoms with E-state index in [-0.39, 0.29) is 0 Å². The van der Waals surface area contributed by atoms with Crippen LogP contribution in [0.4, 0.5) is 0 Å². The van der Waals surface area contributed by atoms with Gasteiger partial charge in [0.1, 0.15) is 0 Å². The van der Waals surface area contributed by atoms with Crippen LogP contribution in [-0.4, -0.2) is 4.98 Å². The Hall–Kier alpha value is -1.87. The van der Waals surface area contributed by atoms with Gasteiger partial charge in [0.05, 0.1) is 5.56 Å². The molecular formula is C8H5N3. The molecule has 0 amide bonds. The fraction of sp³-hybridized carbons (Fsp3) is 0.125. The molecule has 52 valence electrons. The molecule has 0 N–H and O–H groups in total. The fourth-order valence-electron chi connectivity index (χ4n) is 0.716. The first-order chi connectivity index (χ1) is 5.38. The maximum atomic E-state index is 8.49. The van der Waals surface area contributed by atoms with E-state index in [4.69, 9.17) is 11.8 Å². The minimum absolute atomic E-state index is 0.657. The van der Waals surface area contributed by atoms with Crippen molar-refractivity contribution in [2.45, 2.75) is 6.04 Å². The van der Waals surface area contributed by atoms with E-state index in [1.165, 1.54) is 6.20 Å². The summed E-state index contributed by atoms with van der Waals surface area (Å²) < 4.78 is 0. The molecule has 0 aliphatic heterocycles. The number of aromatic nitrogens is 1. The van der Waals surface area contributed by atoms with Gasteiger partial charge in [-0.1, -0.05) is 0 Å². The second-order valence-electron chi connectivity index (χ2n) is 1.95. The van der Waals surface area contributed by atoms with Gasteiger partial charge in [0.2, 0.25) is 0 Å². The first kappa shape index (κ1) is 7.24. The van der Waals surface area contributed by atoms with Crippen LogP contribution in [0.1, 0.15) is 11.6 Å². The van der Waals surface area contributed by atoms with E-state index >= 15 is 0 Å². The largest absolute Gasteiger partial charge is 0.333 e. The Morgan fingerprint density at radius 1 is 1.73 bits per heavy atom. The quantitative estimate of drug-likeness (QED) is 0.560. The second-order valence-corrected chi connectivity index (χ2v) is 1.95. The number of pyridine rings is 1. The Morgan fingerprint density at radius 3 is 3.00 bits per heavy atom. The molecule has 3 nitrogen and oxygen atoms in total. The standard InChI is InChI=1S/C8H5N3/c1-10-8(5-9)7-3-2-4-11-6-7/h2-4,6,8H. The number of rotatable bonds is 1. The normalized spacial score (nSPS) is 11.1. The van der Waals surface area contributed by atoms with E-state index in [0.29, 0.717) is 5.56 Å². The third kappa shape index (κ3) is 1.53. The van der Waals surface area contributed by atoms with Crippen molar-refractivity contribution < 1.29 is 0 Å². The average molecular weight is 143 g/mol. The molecule has 0 saturated heterocycles. The zero-order valence-corrected chi connectivity index (χ0v) is 5.73. The summed E-state index contributed by atoms with van der Waals surface area (Å²) in [5.74, 6) is 0. The summed E-state index contributed by atoms with van der Waals surface area (Å²) >= 11 is 0. The van der Waals surface area contributed by atoms with E-state index in [0.717, 1.165) is 0 Å². The van der Waals surface area contributed by atoms with E-state index in [1.807, 2.05) is 6.07 Å². The Bertz CT molecular complexity index is 290. The highest BCUT2D eigenvalue weighted by atomic mass is 14.7. The molecule has 1 heterocycles. The molecule has 11 heavy (non-hydrogen) atoms. The molecule has 0 aliphatic carbocycles. The van der Waals surface area contributed by atoms with Gasteiger partial charge in [0.25, 0.3) is 0 Å². The van der Waals surface area contributed by atoms with Gasteiger partial charge in [-0.2, -0.15) is 5.26 Å². The summed E-state index contributed by atoms with van der Waals surface area (Å²) in [5.41, 5.74) is 0.657. The van der Waals surface area contributed by atoms with Crippen molar-refractivity contribution in [1.82, 2.24) is 4.98 Å². The van der Waals surface area contributed by atoms with Crippen LogP contribution in [-0.2, 0) is 0 Å². The van der Waals surface area contributed by atoms with Crippen molar-refractivity contribution in [3.63, 3.8) is 0 Å². The van der Waals surface area contributed by atoms with Crippen molar-refractivity contribution in [3.8, 4) is 6.07 Å². The minimum atomic E-state index is -0.705. The van der Waals surface area contributed by atoms with Crippen LogP contribution in [0, 0.1) is 17.9 Å². The Morgan fingerprint density at radius 2 is 2.55 bits per heavy atom. The van der Waals surface area contributed by atoms with Crippen molar-refractivity contribution in [2.75, 3.05) is 0 Å². The molecule has 0 aromatic carbocycles. The first-order valence-electron chi connectivity index (χ1n) is 3.04. The number of hydrogen-bond acceptors (Lipinski definition) is 2. The summed E-state index contributed by atoms with van der Waals surface area (Å²) in [7, 11) is 0. The molecule has 1 aromatic heterocycles. The van der Waals surface area contributed by atoms with Crippen LogP contribution in [0.15, 0.2) is 24.5 Å². The molecule has 1 aromatic rings. The Kier molecular flexibility index (Phi) is 2.20. The van der Waals surface area contributed by atoms with Crippen molar-refractivity contribution >= 4 is 0 Å². The van der Waals surface area contributed by atoms with Gasteiger partial charge in [-0.3, -0.25) is 9.83 Å². The van der Waals surface area contributed by atoms with Crippen molar-refractivity contribution in [2.24, 2.45) is 0 Å². The fourth-order valence-corrected chi connectivity index (χ4v) is 0.716. The predicted molar refractivity (Wildman–Crippen MR) is 39.2 cm³/mol. The lowest BCUT2D eigenvalue weighted by Crippen LogP contribution is -1.88. The zero-order chi connectivity index (χ0) is 8.10. The van der Waals surface area contributed by atoms with Gasteiger partial charge in [-0.05, 0) is 12.1 Å². The molecule has 1 atom stereocenters. The van der Waals surface area contributed by atoms with E-state index in [1.54, 1.807) is 18.3 Å². The SMILES string of the molecule is [C-]#[N+]C(C#N)c1cccnc1. The lowest BCUT2D eigenvalue weighted by Gasteiger charge is -1.92. The topological polar surface area (TPSA) is 41.0 Å². The summed E-state index contributed by atoms with van der Waals surface area (Å²) in [6.45, 7) is 6.67. The monoisotopic (exact) mass is 143 g/mol. The third-order valence-corrected chi connectivity index (χ3v) is 1.25. The molecule has 0 saturated carbocycles. The van der Waals surface area contributed by atoms with Gasteiger partial charge in [-0.15, -0.1) is 0 Å². The van der Waals surface area contributed by atoms with Crippen LogP contribution < -0.4 is 0 Å². The van der Waals surface area contributed by atoms with Crippen LogP contribution in [0.3, 0.4) is 0 Å². The second kappa shape index (κ2) is 3.34. The zero-order valence-electron chi connectivity index (χ0n) is 5.73. The van der Waals surface area contributed by atoms with E-state index in [9.17, 15) is 0 Å². The van der Waals surface area contributed by atoms with Crippen LogP contribution in [0.2, 0.25) is 0 Å². The Labute approximate surface area is 64.7 Å². The molecule has 1 unspecified atom stereocenters. The minimum Gasteiger partial charge on any atom is -0.292 e. The number of nitriles is 1. The lowest BCUT2D eigenvalue weighted by atomic mass is 10.1. The van der Waals surface area contributed by atoms with E-state index < -0.39 is 6.04 Å². The van der Waals surface area contributed by atoms with Crippen molar-refractivity contribution in [3.05, 3.63) is 41.5 Å². The number of nitrogens with zero attached hydrogens (tertiary/aromatic N) is 3. The molecule has 0 aliphatic rings.